The third kappa shape index (κ3) is 39.4. The Hall–Kier alpha value is -11.9. The van der Waals surface area contributed by atoms with Gasteiger partial charge in [0.1, 0.15) is 72.5 Å². The van der Waals surface area contributed by atoms with Gasteiger partial charge in [-0.25, -0.2) is 0 Å². The molecule has 8 unspecified atom stereocenters. The molecule has 0 aliphatic carbocycles. The molecule has 0 spiro atoms. The van der Waals surface area contributed by atoms with Gasteiger partial charge in [-0.3, -0.25) is 86.9 Å². The zero-order valence-electron chi connectivity index (χ0n) is 76.1. The van der Waals surface area contributed by atoms with Gasteiger partial charge in [0.15, 0.2) is 5.96 Å². The summed E-state index contributed by atoms with van der Waals surface area (Å²) in [5.41, 5.74) is 18.7. The maximum absolute atomic E-state index is 15.2. The Labute approximate surface area is 764 Å². The van der Waals surface area contributed by atoms with Gasteiger partial charge in [0.2, 0.25) is 94.5 Å². The van der Waals surface area contributed by atoms with E-state index in [-0.39, 0.29) is 128 Å². The summed E-state index contributed by atoms with van der Waals surface area (Å²) in [4.78, 5) is 241. The summed E-state index contributed by atoms with van der Waals surface area (Å²) in [7, 11) is 0. The number of carboxylic acids is 1. The van der Waals surface area contributed by atoms with Crippen molar-refractivity contribution >= 4 is 117 Å². The first-order valence-electron chi connectivity index (χ1n) is 45.8. The fourth-order valence-electron chi connectivity index (χ4n) is 15.5. The summed E-state index contributed by atoms with van der Waals surface area (Å²) >= 11 is 0. The molecule has 5 rings (SSSR count). The van der Waals surface area contributed by atoms with E-state index in [0.717, 1.165) is 37.5 Å². The highest BCUT2D eigenvalue weighted by Crippen LogP contribution is 2.25. The molecule has 3 aromatic rings. The number of β-amino-alcohol motifs (C(OH)–C–C–N with tert-alkyl or cyclic N) is 1. The number of guanidine groups is 1. The Morgan fingerprint density at radius 2 is 0.985 bits per heavy atom. The van der Waals surface area contributed by atoms with Crippen LogP contribution < -0.4 is 91.6 Å². The summed E-state index contributed by atoms with van der Waals surface area (Å²) in [6.07, 6.45) is 10.2. The van der Waals surface area contributed by atoms with Gasteiger partial charge in [-0.15, -0.1) is 0 Å². The zero-order chi connectivity index (χ0) is 96.5. The number of hydrogen-bond donors (Lipinski definition) is 23. The number of unbranched alkanes of at least 4 members (excludes halogenated alkanes) is 11. The minimum atomic E-state index is -1.84. The fourth-order valence-corrected chi connectivity index (χ4v) is 15.5. The maximum Gasteiger partial charge on any atom is 0.303 e. The van der Waals surface area contributed by atoms with Crippen LogP contribution in [0.5, 0.6) is 0 Å². The van der Waals surface area contributed by atoms with Crippen LogP contribution in [-0.4, -0.2) is 279 Å². The first-order chi connectivity index (χ1) is 62.6. The van der Waals surface area contributed by atoms with Gasteiger partial charge < -0.3 is 127 Å². The number of fused-ring (bicyclic) bond motifs is 1. The molecule has 728 valence electrons. The standard InChI is InChI=1S/C89H141N21O21/c1-6-8-10-11-12-13-14-15-19-37-72(115)95-44-40-73(116)94-42-25-23-33-62(103-83(126)68(52-111)99-55(5)113)81(124)107-69(53-112)84(127)102-61(31-9-7-2)79(122)104-65(38-39-75(118)119)88(131)110-51-58(114)48-71(110)86(129)106-66(46-56-28-17-16-18-29-56)82(125)101-63(35-26-43-96-89(92)93)80(123)105-67(47-57-49-97-60-32-21-20-30-59(57)60)78(121)98-50-74(117)100-64(34-22-24-41-90)87(130)109-45-27-36-70(109)85(128)108-76(54(3)4)77(91)120/h16-18,20-21,28-30,32,49,54,58,61-71,76,97,111-112,114H,6-15,19,22-27,31,33-48,50-53,90H2,1-5H3,(H2,91,120)(H,94,116)(H,95,115)(H,98,121)(H,99,113)(H,100,117)(H,101,125)(H,102,127)(H,103,126)(H,104,122)(H,105,123)(H,106,129)(H,107,124)(H,108,128)(H,118,119)(H4,92,93,96)/t58?,61?,62?,63-,64-,65-,66?,67-,68?,69?,70?,71?,76-/m0/s1. The number of amides is 16. The number of H-pyrrole nitrogens is 1. The molecular weight excluding hydrogens is 1700 g/mol. The smallest absolute Gasteiger partial charge is 0.303 e. The molecular formula is C89H141N21O21. The number of carbonyl (C=O) groups excluding carboxylic acids is 16. The summed E-state index contributed by atoms with van der Waals surface area (Å²) in [5, 5.41) is 86.6. The number of benzene rings is 2. The molecule has 16 amide bonds. The molecule has 2 fully saturated rings. The monoisotopic (exact) mass is 1840 g/mol. The fraction of sp³-hybridized carbons (Fsp3) is 0.640. The van der Waals surface area contributed by atoms with Crippen molar-refractivity contribution in [2.24, 2.45) is 23.1 Å². The van der Waals surface area contributed by atoms with Crippen molar-refractivity contribution < 1.29 is 102 Å². The number of likely N-dealkylation sites (tertiary alicyclic amines) is 2. The quantitative estimate of drug-likeness (QED) is 0.0168. The van der Waals surface area contributed by atoms with E-state index in [9.17, 15) is 82.8 Å². The molecule has 0 radical (unpaired) electrons. The Morgan fingerprint density at radius 1 is 0.481 bits per heavy atom. The Morgan fingerprint density at radius 3 is 1.59 bits per heavy atom. The van der Waals surface area contributed by atoms with Crippen molar-refractivity contribution in [1.82, 2.24) is 89.2 Å². The molecule has 2 aliphatic rings. The molecule has 42 nitrogen and oxygen atoms in total. The van der Waals surface area contributed by atoms with Gasteiger partial charge in [0.25, 0.3) is 0 Å². The van der Waals surface area contributed by atoms with Crippen molar-refractivity contribution in [2.45, 2.75) is 299 Å². The number of aliphatic carboxylic acids is 1. The number of hydrogen-bond acceptors (Lipinski definition) is 22. The minimum Gasteiger partial charge on any atom is -0.481 e. The summed E-state index contributed by atoms with van der Waals surface area (Å²) < 4.78 is 0. The molecule has 2 aliphatic heterocycles. The lowest BCUT2D eigenvalue weighted by molar-refractivity contribution is -0.144. The van der Waals surface area contributed by atoms with E-state index in [1.165, 1.54) is 37.0 Å². The predicted octanol–water partition coefficient (Wildman–Crippen LogP) is -1.82. The molecule has 0 bridgehead atoms. The minimum absolute atomic E-state index is 0.00947. The van der Waals surface area contributed by atoms with Crippen molar-refractivity contribution in [1.29, 1.82) is 5.41 Å². The molecule has 1 aromatic heterocycles. The second kappa shape index (κ2) is 59.4. The number of aromatic amines is 1. The Bertz CT molecular complexity index is 4250. The lowest BCUT2D eigenvalue weighted by Crippen LogP contribution is -2.61. The first kappa shape index (κ1) is 110. The summed E-state index contributed by atoms with van der Waals surface area (Å²) in [6.45, 7) is 5.74. The largest absolute Gasteiger partial charge is 0.481 e. The number of aliphatic hydroxyl groups excluding tert-OH is 3. The van der Waals surface area contributed by atoms with E-state index in [0.29, 0.717) is 54.1 Å². The van der Waals surface area contributed by atoms with Gasteiger partial charge >= 0.3 is 5.97 Å². The zero-order valence-corrected chi connectivity index (χ0v) is 76.1. The van der Waals surface area contributed by atoms with Gasteiger partial charge in [-0.1, -0.05) is 140 Å². The molecule has 131 heavy (non-hydrogen) atoms. The van der Waals surface area contributed by atoms with E-state index >= 15 is 19.2 Å². The van der Waals surface area contributed by atoms with Crippen molar-refractivity contribution in [3.63, 3.8) is 0 Å². The van der Waals surface area contributed by atoms with E-state index in [4.69, 9.17) is 22.6 Å². The molecule has 0 saturated carbocycles. The van der Waals surface area contributed by atoms with E-state index < -0.39 is 219 Å². The molecule has 2 saturated heterocycles. The van der Waals surface area contributed by atoms with Crippen LogP contribution in [0.25, 0.3) is 10.9 Å². The Balaban J connectivity index is 1.34. The van der Waals surface area contributed by atoms with E-state index in [1.807, 2.05) is 0 Å². The second-order valence-corrected chi connectivity index (χ2v) is 33.7. The number of nitrogens with one attached hydrogen (secondary N) is 16. The van der Waals surface area contributed by atoms with Gasteiger partial charge in [0, 0.05) is 95.3 Å². The van der Waals surface area contributed by atoms with Crippen LogP contribution in [0.4, 0.5) is 0 Å². The van der Waals surface area contributed by atoms with E-state index in [2.05, 4.69) is 86.3 Å². The second-order valence-electron chi connectivity index (χ2n) is 33.7. The number of nitrogens with two attached hydrogens (primary N) is 3. The highest BCUT2D eigenvalue weighted by Gasteiger charge is 2.45. The molecule has 2 aromatic carbocycles. The van der Waals surface area contributed by atoms with Crippen LogP contribution in [0.3, 0.4) is 0 Å². The van der Waals surface area contributed by atoms with Crippen LogP contribution in [-0.2, 0) is 94.3 Å². The van der Waals surface area contributed by atoms with Crippen LogP contribution in [0.2, 0.25) is 0 Å². The van der Waals surface area contributed by atoms with Crippen molar-refractivity contribution in [2.75, 3.05) is 59.0 Å². The maximum atomic E-state index is 15.2. The van der Waals surface area contributed by atoms with Crippen molar-refractivity contribution in [3.8, 4) is 0 Å². The average molecular weight is 1840 g/mol. The topological polar surface area (TPSA) is 664 Å². The van der Waals surface area contributed by atoms with Crippen LogP contribution in [0.1, 0.15) is 219 Å². The third-order valence-corrected chi connectivity index (χ3v) is 22.7. The van der Waals surface area contributed by atoms with Crippen LogP contribution in [0, 0.1) is 11.3 Å². The Kier molecular flexibility index (Phi) is 49.7. The lowest BCUT2D eigenvalue weighted by Gasteiger charge is -2.31. The summed E-state index contributed by atoms with van der Waals surface area (Å²) in [6, 6.07) is -2.51. The number of aliphatic hydroxyl groups is 3. The van der Waals surface area contributed by atoms with Gasteiger partial charge in [0.05, 0.1) is 25.9 Å². The van der Waals surface area contributed by atoms with E-state index in [1.54, 1.807) is 81.6 Å². The first-order valence-corrected chi connectivity index (χ1v) is 45.8. The number of para-hydroxylation sites is 1. The normalized spacial score (nSPS) is 16.4. The number of carbonyl (C=O) groups is 17. The highest BCUT2D eigenvalue weighted by molar-refractivity contribution is 6.01. The molecule has 42 heteroatoms. The van der Waals surface area contributed by atoms with Crippen LogP contribution in [0.15, 0.2) is 60.8 Å². The SMILES string of the molecule is CCCCCCCCCCCC(=O)NCCC(=O)NCCCCC(NC(=O)C(CO)NC(C)=O)C(=O)NC(CO)C(=O)NC(CCCC)C(=O)N[C@@H](CCC(=O)O)C(=O)N1CC(O)CC1C(=O)NC(Cc1ccccc1)C(=O)N[C@@H](CCCNC(=N)N)C(=O)N[C@@H](Cc1c[nH]c2ccccc12)C(=O)NCC(=O)N[C@@H](CCCCN)C(=O)N1CCCC1C(=O)N[C@H](C(N)=O)C(C)C. The number of aromatic nitrogens is 1. The van der Waals surface area contributed by atoms with Gasteiger partial charge in [-0.2, -0.15) is 0 Å². The van der Waals surface area contributed by atoms with Crippen LogP contribution >= 0.6 is 0 Å². The number of carboxylic acid groups (broad SMARTS) is 1. The highest BCUT2D eigenvalue weighted by atomic mass is 16.4. The molecule has 26 N–H and O–H groups in total. The predicted molar refractivity (Wildman–Crippen MR) is 484 cm³/mol. The molecule has 3 heterocycles. The summed E-state index contributed by atoms with van der Waals surface area (Å²) in [5.74, 6) is -15.5. The number of rotatable bonds is 63. The average Bonchev–Trinajstić information content (AvgIpc) is 2.10. The van der Waals surface area contributed by atoms with Gasteiger partial charge in [-0.05, 0) is 113 Å². The third-order valence-electron chi connectivity index (χ3n) is 22.7. The number of primary amides is 1. The molecule has 13 atom stereocenters. The van der Waals surface area contributed by atoms with Crippen molar-refractivity contribution in [3.05, 3.63) is 71.9 Å². The lowest BCUT2D eigenvalue weighted by atomic mass is 10.0. The number of nitrogens with zero attached hydrogens (tertiary/aromatic N) is 2.